The van der Waals surface area contributed by atoms with Gasteiger partial charge in [-0.3, -0.25) is 4.99 Å². The Bertz CT molecular complexity index is 392. The maximum Gasteiger partial charge on any atom is 0.157 e. The summed E-state index contributed by atoms with van der Waals surface area (Å²) in [7, 11) is 0. The van der Waals surface area contributed by atoms with Gasteiger partial charge in [-0.15, -0.1) is 0 Å². The fourth-order valence-electron chi connectivity index (χ4n) is 2.63. The Balaban J connectivity index is 1.52. The molecule has 2 aliphatic rings. The SMILES string of the molecule is c1cc(CCN=C2NC3(CCCC3)CS2)cs1. The third-order valence-electron chi connectivity index (χ3n) is 3.65. The van der Waals surface area contributed by atoms with E-state index in [0.29, 0.717) is 5.54 Å². The lowest BCUT2D eigenvalue weighted by Crippen LogP contribution is -2.40. The summed E-state index contributed by atoms with van der Waals surface area (Å²) in [5, 5.41) is 9.20. The Kier molecular flexibility index (Phi) is 3.43. The van der Waals surface area contributed by atoms with Gasteiger partial charge in [-0.25, -0.2) is 0 Å². The summed E-state index contributed by atoms with van der Waals surface area (Å²) in [6.07, 6.45) is 6.51. The average molecular weight is 266 g/mol. The highest BCUT2D eigenvalue weighted by Gasteiger charge is 2.39. The molecule has 1 aliphatic heterocycles. The minimum Gasteiger partial charge on any atom is -0.359 e. The maximum atomic E-state index is 4.69. The van der Waals surface area contributed by atoms with Gasteiger partial charge >= 0.3 is 0 Å². The van der Waals surface area contributed by atoms with Gasteiger partial charge in [-0.05, 0) is 41.7 Å². The summed E-state index contributed by atoms with van der Waals surface area (Å²) in [6, 6.07) is 2.19. The molecule has 1 spiro atoms. The van der Waals surface area contributed by atoms with Crippen molar-refractivity contribution in [3.63, 3.8) is 0 Å². The highest BCUT2D eigenvalue weighted by molar-refractivity contribution is 8.14. The summed E-state index contributed by atoms with van der Waals surface area (Å²) in [5.41, 5.74) is 1.82. The predicted molar refractivity (Wildman–Crippen MR) is 77.1 cm³/mol. The second kappa shape index (κ2) is 5.02. The summed E-state index contributed by atoms with van der Waals surface area (Å²) in [5.74, 6) is 1.23. The Morgan fingerprint density at radius 3 is 3.00 bits per heavy atom. The summed E-state index contributed by atoms with van der Waals surface area (Å²) < 4.78 is 0. The average Bonchev–Trinajstić information content (AvgIpc) is 3.04. The van der Waals surface area contributed by atoms with Crippen LogP contribution in [-0.4, -0.2) is 23.0 Å². The molecule has 1 aromatic heterocycles. The Labute approximate surface area is 111 Å². The van der Waals surface area contributed by atoms with Crippen molar-refractivity contribution < 1.29 is 0 Å². The number of nitrogens with one attached hydrogen (secondary N) is 1. The van der Waals surface area contributed by atoms with Crippen LogP contribution in [0.2, 0.25) is 0 Å². The fraction of sp³-hybridized carbons (Fsp3) is 0.615. The molecule has 0 aromatic carbocycles. The van der Waals surface area contributed by atoms with E-state index in [1.165, 1.54) is 42.2 Å². The molecule has 0 radical (unpaired) electrons. The number of hydrogen-bond donors (Lipinski definition) is 1. The smallest absolute Gasteiger partial charge is 0.157 e. The fourth-order valence-corrected chi connectivity index (χ4v) is 4.58. The molecule has 3 rings (SSSR count). The molecule has 2 fully saturated rings. The van der Waals surface area contributed by atoms with Crippen molar-refractivity contribution in [2.24, 2.45) is 4.99 Å². The van der Waals surface area contributed by atoms with Crippen LogP contribution in [0.15, 0.2) is 21.8 Å². The Hall–Kier alpha value is -0.480. The lowest BCUT2D eigenvalue weighted by atomic mass is 10.0. The topological polar surface area (TPSA) is 24.4 Å². The molecular weight excluding hydrogens is 248 g/mol. The van der Waals surface area contributed by atoms with Gasteiger partial charge in [-0.2, -0.15) is 11.3 Å². The molecular formula is C13H18N2S2. The van der Waals surface area contributed by atoms with Gasteiger partial charge in [-0.1, -0.05) is 24.6 Å². The standard InChI is InChI=1S/C13H18N2S2/c1-2-6-13(5-1)10-17-12(15-13)14-7-3-11-4-8-16-9-11/h4,8-9H,1-3,5-7,10H2,(H,14,15). The van der Waals surface area contributed by atoms with Crippen molar-refractivity contribution in [1.82, 2.24) is 5.32 Å². The van der Waals surface area contributed by atoms with Gasteiger partial charge < -0.3 is 5.32 Å². The molecule has 1 aliphatic carbocycles. The van der Waals surface area contributed by atoms with E-state index in [9.17, 15) is 0 Å². The quantitative estimate of drug-likeness (QED) is 0.908. The lowest BCUT2D eigenvalue weighted by molar-refractivity contribution is 0.452. The summed E-state index contributed by atoms with van der Waals surface area (Å²) >= 11 is 3.69. The number of rotatable bonds is 3. The molecule has 0 amide bonds. The molecule has 1 aromatic rings. The Morgan fingerprint density at radius 2 is 2.24 bits per heavy atom. The summed E-state index contributed by atoms with van der Waals surface area (Å²) in [4.78, 5) is 4.69. The Morgan fingerprint density at radius 1 is 1.35 bits per heavy atom. The normalized spacial score (nSPS) is 24.6. The van der Waals surface area contributed by atoms with Crippen molar-refractivity contribution in [2.45, 2.75) is 37.6 Å². The van der Waals surface area contributed by atoms with Gasteiger partial charge in [0, 0.05) is 17.8 Å². The molecule has 2 heterocycles. The zero-order chi connectivity index (χ0) is 11.6. The number of nitrogens with zero attached hydrogens (tertiary/aromatic N) is 1. The second-order valence-electron chi connectivity index (χ2n) is 4.97. The van der Waals surface area contributed by atoms with Crippen molar-refractivity contribution in [3.8, 4) is 0 Å². The zero-order valence-corrected chi connectivity index (χ0v) is 11.6. The number of amidine groups is 1. The van der Waals surface area contributed by atoms with Crippen molar-refractivity contribution >= 4 is 28.3 Å². The van der Waals surface area contributed by atoms with Crippen LogP contribution in [0.3, 0.4) is 0 Å². The van der Waals surface area contributed by atoms with Crippen LogP contribution in [0.5, 0.6) is 0 Å². The molecule has 2 nitrogen and oxygen atoms in total. The van der Waals surface area contributed by atoms with Crippen LogP contribution in [0.4, 0.5) is 0 Å². The number of thiophene rings is 1. The minimum atomic E-state index is 0.409. The third kappa shape index (κ3) is 2.68. The number of hydrogen-bond acceptors (Lipinski definition) is 3. The monoisotopic (exact) mass is 266 g/mol. The van der Waals surface area contributed by atoms with E-state index in [2.05, 4.69) is 22.1 Å². The van der Waals surface area contributed by atoms with Crippen molar-refractivity contribution in [1.29, 1.82) is 0 Å². The van der Waals surface area contributed by atoms with E-state index in [4.69, 9.17) is 4.99 Å². The second-order valence-corrected chi connectivity index (χ2v) is 6.71. The van der Waals surface area contributed by atoms with Crippen LogP contribution in [0.25, 0.3) is 0 Å². The van der Waals surface area contributed by atoms with Gasteiger partial charge in [0.15, 0.2) is 5.17 Å². The first kappa shape index (κ1) is 11.6. The van der Waals surface area contributed by atoms with E-state index in [-0.39, 0.29) is 0 Å². The van der Waals surface area contributed by atoms with E-state index >= 15 is 0 Å². The largest absolute Gasteiger partial charge is 0.359 e. The van der Waals surface area contributed by atoms with Gasteiger partial charge in [0.25, 0.3) is 0 Å². The lowest BCUT2D eigenvalue weighted by Gasteiger charge is -2.21. The number of thioether (sulfide) groups is 1. The third-order valence-corrected chi connectivity index (χ3v) is 5.59. The van der Waals surface area contributed by atoms with Gasteiger partial charge in [0.05, 0.1) is 0 Å². The zero-order valence-electron chi connectivity index (χ0n) is 9.95. The predicted octanol–water partition coefficient (Wildman–Crippen LogP) is 3.30. The van der Waals surface area contributed by atoms with Crippen LogP contribution in [0, 0.1) is 0 Å². The molecule has 1 saturated carbocycles. The van der Waals surface area contributed by atoms with E-state index in [0.717, 1.165) is 13.0 Å². The molecule has 1 saturated heterocycles. The first-order chi connectivity index (χ1) is 8.36. The molecule has 1 N–H and O–H groups in total. The molecule has 17 heavy (non-hydrogen) atoms. The summed E-state index contributed by atoms with van der Waals surface area (Å²) in [6.45, 7) is 0.919. The minimum absolute atomic E-state index is 0.409. The van der Waals surface area contributed by atoms with Crippen molar-refractivity contribution in [3.05, 3.63) is 22.4 Å². The highest BCUT2D eigenvalue weighted by Crippen LogP contribution is 2.37. The highest BCUT2D eigenvalue weighted by atomic mass is 32.2. The van der Waals surface area contributed by atoms with Crippen LogP contribution in [0.1, 0.15) is 31.2 Å². The van der Waals surface area contributed by atoms with Crippen LogP contribution in [-0.2, 0) is 6.42 Å². The maximum absolute atomic E-state index is 4.69. The molecule has 0 atom stereocenters. The van der Waals surface area contributed by atoms with Crippen molar-refractivity contribution in [2.75, 3.05) is 12.3 Å². The van der Waals surface area contributed by atoms with E-state index < -0.39 is 0 Å². The first-order valence-electron chi connectivity index (χ1n) is 6.33. The van der Waals surface area contributed by atoms with Gasteiger partial charge in [0.2, 0.25) is 0 Å². The van der Waals surface area contributed by atoms with Crippen LogP contribution < -0.4 is 5.32 Å². The number of aliphatic imine (C=N–C) groups is 1. The van der Waals surface area contributed by atoms with Gasteiger partial charge in [0.1, 0.15) is 0 Å². The van der Waals surface area contributed by atoms with E-state index in [1.807, 2.05) is 11.8 Å². The molecule has 92 valence electrons. The molecule has 0 unspecified atom stereocenters. The van der Waals surface area contributed by atoms with E-state index in [1.54, 1.807) is 11.3 Å². The first-order valence-corrected chi connectivity index (χ1v) is 8.26. The molecule has 0 bridgehead atoms. The molecule has 4 heteroatoms. The van der Waals surface area contributed by atoms with Crippen LogP contribution >= 0.6 is 23.1 Å².